The van der Waals surface area contributed by atoms with E-state index in [0.717, 1.165) is 6.42 Å². The quantitative estimate of drug-likeness (QED) is 0.739. The van der Waals surface area contributed by atoms with Gasteiger partial charge in [-0.1, -0.05) is 24.3 Å². The largest absolute Gasteiger partial charge is 0.335 e. The number of fused-ring (bicyclic) bond motifs is 8. The number of hydrogen-bond acceptors (Lipinski definition) is 5. The number of carbonyl (C=O) groups excluding carboxylic acids is 2. The smallest absolute Gasteiger partial charge is 0.333 e. The highest BCUT2D eigenvalue weighted by Crippen LogP contribution is 2.60. The molecule has 1 saturated carbocycles. The van der Waals surface area contributed by atoms with Crippen molar-refractivity contribution in [3.63, 3.8) is 0 Å². The number of benzene rings is 1. The van der Waals surface area contributed by atoms with Gasteiger partial charge in [0.2, 0.25) is 0 Å². The fourth-order valence-corrected chi connectivity index (χ4v) is 3.76. The van der Waals surface area contributed by atoms with Crippen molar-refractivity contribution in [2.45, 2.75) is 18.3 Å². The molecule has 92 valence electrons. The van der Waals surface area contributed by atoms with E-state index in [0.29, 0.717) is 0 Å². The highest BCUT2D eigenvalue weighted by Gasteiger charge is 2.59. The molecule has 1 aromatic carbocycles. The maximum Gasteiger partial charge on any atom is 0.333 e. The Morgan fingerprint density at radius 1 is 0.944 bits per heavy atom. The van der Waals surface area contributed by atoms with Crippen molar-refractivity contribution in [2.24, 2.45) is 11.8 Å². The van der Waals surface area contributed by atoms with Crippen LogP contribution in [-0.4, -0.2) is 11.9 Å². The average Bonchev–Trinajstić information content (AvgIpc) is 2.90. The standard InChI is InChI=1S/C13H11NO4/c15-12-10-8-5-9(7-4-2-1-3-6(7)8)11(10)13(16)18-14-17-12/h1-4,8-11,14H,5H2. The van der Waals surface area contributed by atoms with E-state index < -0.39 is 23.8 Å². The molecule has 1 heterocycles. The van der Waals surface area contributed by atoms with E-state index >= 15 is 0 Å². The average molecular weight is 245 g/mol. The molecule has 0 spiro atoms. The Labute approximate surface area is 103 Å². The van der Waals surface area contributed by atoms with Gasteiger partial charge in [-0.05, 0) is 29.4 Å². The van der Waals surface area contributed by atoms with Crippen LogP contribution in [0.1, 0.15) is 29.4 Å². The molecule has 5 nitrogen and oxygen atoms in total. The van der Waals surface area contributed by atoms with Crippen molar-refractivity contribution in [1.82, 2.24) is 5.64 Å². The van der Waals surface area contributed by atoms with Crippen LogP contribution in [0.3, 0.4) is 0 Å². The van der Waals surface area contributed by atoms with Gasteiger partial charge in [-0.25, -0.2) is 9.59 Å². The predicted molar refractivity (Wildman–Crippen MR) is 58.8 cm³/mol. The summed E-state index contributed by atoms with van der Waals surface area (Å²) in [6.07, 6.45) is 0.832. The molecule has 2 bridgehead atoms. The Kier molecular flexibility index (Phi) is 1.86. The van der Waals surface area contributed by atoms with Crippen LogP contribution in [0.5, 0.6) is 0 Å². The van der Waals surface area contributed by atoms with Crippen LogP contribution in [0.2, 0.25) is 0 Å². The molecule has 18 heavy (non-hydrogen) atoms. The third-order valence-electron chi connectivity index (χ3n) is 4.39. The maximum atomic E-state index is 11.9. The molecule has 4 atom stereocenters. The third kappa shape index (κ3) is 1.09. The Bertz CT molecular complexity index is 509. The minimum atomic E-state index is -0.410. The van der Waals surface area contributed by atoms with Crippen LogP contribution in [0, 0.1) is 11.8 Å². The molecule has 4 rings (SSSR count). The summed E-state index contributed by atoms with van der Waals surface area (Å²) in [5.74, 6) is -1.45. The molecule has 1 saturated heterocycles. The first kappa shape index (κ1) is 10.1. The lowest BCUT2D eigenvalue weighted by molar-refractivity contribution is -0.193. The van der Waals surface area contributed by atoms with Gasteiger partial charge in [0.1, 0.15) is 0 Å². The van der Waals surface area contributed by atoms with Gasteiger partial charge in [-0.3, -0.25) is 0 Å². The Hall–Kier alpha value is -1.88. The zero-order chi connectivity index (χ0) is 12.3. The molecule has 1 aliphatic heterocycles. The second-order valence-corrected chi connectivity index (χ2v) is 5.05. The fourth-order valence-electron chi connectivity index (χ4n) is 3.76. The summed E-state index contributed by atoms with van der Waals surface area (Å²) >= 11 is 0. The van der Waals surface area contributed by atoms with E-state index in [1.807, 2.05) is 29.9 Å². The van der Waals surface area contributed by atoms with E-state index in [4.69, 9.17) is 9.68 Å². The zero-order valence-electron chi connectivity index (χ0n) is 9.46. The fraction of sp³-hybridized carbons (Fsp3) is 0.385. The Balaban J connectivity index is 1.87. The Morgan fingerprint density at radius 2 is 1.44 bits per heavy atom. The number of carbonyl (C=O) groups is 2. The van der Waals surface area contributed by atoms with Gasteiger partial charge in [0.25, 0.3) is 0 Å². The van der Waals surface area contributed by atoms with E-state index in [1.54, 1.807) is 0 Å². The second-order valence-electron chi connectivity index (χ2n) is 5.05. The van der Waals surface area contributed by atoms with Crippen LogP contribution in [0.4, 0.5) is 0 Å². The van der Waals surface area contributed by atoms with Crippen LogP contribution < -0.4 is 5.64 Å². The van der Waals surface area contributed by atoms with E-state index in [-0.39, 0.29) is 11.8 Å². The topological polar surface area (TPSA) is 64.6 Å². The van der Waals surface area contributed by atoms with Gasteiger partial charge in [-0.15, -0.1) is 0 Å². The summed E-state index contributed by atoms with van der Waals surface area (Å²) in [6.45, 7) is 0. The van der Waals surface area contributed by atoms with Gasteiger partial charge in [-0.2, -0.15) is 0 Å². The first-order valence-electron chi connectivity index (χ1n) is 6.02. The van der Waals surface area contributed by atoms with E-state index in [2.05, 4.69) is 0 Å². The van der Waals surface area contributed by atoms with Gasteiger partial charge in [0.15, 0.2) is 0 Å². The molecule has 4 unspecified atom stereocenters. The molecular weight excluding hydrogens is 234 g/mol. The molecule has 5 heteroatoms. The van der Waals surface area contributed by atoms with Crippen molar-refractivity contribution in [3.05, 3.63) is 35.4 Å². The molecule has 0 aromatic heterocycles. The van der Waals surface area contributed by atoms with Crippen LogP contribution in [0.25, 0.3) is 0 Å². The lowest BCUT2D eigenvalue weighted by Gasteiger charge is -2.26. The number of nitrogens with one attached hydrogen (secondary N) is 1. The Morgan fingerprint density at radius 3 is 1.94 bits per heavy atom. The summed E-state index contributed by atoms with van der Waals surface area (Å²) in [7, 11) is 0. The summed E-state index contributed by atoms with van der Waals surface area (Å²) < 4.78 is 0. The minimum Gasteiger partial charge on any atom is -0.335 e. The summed E-state index contributed by atoms with van der Waals surface area (Å²) in [4.78, 5) is 33.3. The second kappa shape index (κ2) is 3.32. The van der Waals surface area contributed by atoms with E-state index in [9.17, 15) is 9.59 Å². The maximum absolute atomic E-state index is 11.9. The van der Waals surface area contributed by atoms with Crippen LogP contribution in [0.15, 0.2) is 24.3 Å². The molecule has 1 N–H and O–H groups in total. The summed E-state index contributed by atoms with van der Waals surface area (Å²) in [5.41, 5.74) is 4.32. The number of rotatable bonds is 0. The molecular formula is C13H11NO4. The molecule has 0 amide bonds. The minimum absolute atomic E-state index is 0.0798. The number of hydrogen-bond donors (Lipinski definition) is 1. The third-order valence-corrected chi connectivity index (χ3v) is 4.39. The van der Waals surface area contributed by atoms with Crippen LogP contribution >= 0.6 is 0 Å². The first-order chi connectivity index (χ1) is 8.77. The van der Waals surface area contributed by atoms with Crippen LogP contribution in [-0.2, 0) is 19.3 Å². The molecule has 1 aromatic rings. The SMILES string of the molecule is O=C1ONOC(=O)C2C3CC(c4ccccc43)C12. The van der Waals surface area contributed by atoms with Gasteiger partial charge < -0.3 is 9.68 Å². The molecule has 2 aliphatic carbocycles. The molecule has 2 fully saturated rings. The van der Waals surface area contributed by atoms with Crippen molar-refractivity contribution < 1.29 is 19.3 Å². The summed E-state index contributed by atoms with van der Waals surface area (Å²) in [6, 6.07) is 8.00. The van der Waals surface area contributed by atoms with Gasteiger partial charge in [0.05, 0.1) is 11.8 Å². The predicted octanol–water partition coefficient (Wildman–Crippen LogP) is 1.02. The highest BCUT2D eigenvalue weighted by molar-refractivity contribution is 5.87. The summed E-state index contributed by atoms with van der Waals surface area (Å²) in [5, 5.41) is 0. The van der Waals surface area contributed by atoms with E-state index in [1.165, 1.54) is 11.1 Å². The van der Waals surface area contributed by atoms with Crippen molar-refractivity contribution >= 4 is 11.9 Å². The zero-order valence-corrected chi connectivity index (χ0v) is 9.46. The monoisotopic (exact) mass is 245 g/mol. The lowest BCUT2D eigenvalue weighted by atomic mass is 9.76. The van der Waals surface area contributed by atoms with Gasteiger partial charge in [0, 0.05) is 5.64 Å². The van der Waals surface area contributed by atoms with Crippen molar-refractivity contribution in [3.8, 4) is 0 Å². The first-order valence-corrected chi connectivity index (χ1v) is 6.02. The normalized spacial score (nSPS) is 36.4. The molecule has 0 radical (unpaired) electrons. The van der Waals surface area contributed by atoms with Crippen molar-refractivity contribution in [2.75, 3.05) is 0 Å². The highest BCUT2D eigenvalue weighted by atomic mass is 16.9. The lowest BCUT2D eigenvalue weighted by Crippen LogP contribution is -2.32. The molecule has 3 aliphatic rings. The van der Waals surface area contributed by atoms with Crippen molar-refractivity contribution in [1.29, 1.82) is 0 Å². The van der Waals surface area contributed by atoms with Gasteiger partial charge >= 0.3 is 11.9 Å².